The Kier molecular flexibility index (Phi) is 5.26. The molecule has 2 fully saturated rings. The van der Waals surface area contributed by atoms with Gasteiger partial charge < -0.3 is 15.2 Å². The van der Waals surface area contributed by atoms with Gasteiger partial charge in [-0.05, 0) is 43.7 Å². The standard InChI is InChI=1S/C19H26N4O2.ClH/c1-19(2,3)9-15-16-13(17(24)21-12-6-7-20-10-12)8-14(11-4-5-11)22-18(16)25-23-15;/h8,11-12,20H,4-7,9-10H2,1-3H3,(H,21,24);1H. The maximum Gasteiger partial charge on any atom is 0.259 e. The molecule has 1 aliphatic carbocycles. The van der Waals surface area contributed by atoms with Crippen molar-refractivity contribution in [1.82, 2.24) is 20.8 Å². The van der Waals surface area contributed by atoms with E-state index in [2.05, 4.69) is 41.5 Å². The molecular formula is C19H27ClN4O2. The second kappa shape index (κ2) is 7.16. The van der Waals surface area contributed by atoms with Crippen LogP contribution in [0, 0.1) is 5.41 Å². The second-order valence-corrected chi connectivity index (χ2v) is 8.58. The summed E-state index contributed by atoms with van der Waals surface area (Å²) in [5, 5.41) is 11.5. The first kappa shape index (κ1) is 19.1. The van der Waals surface area contributed by atoms with Gasteiger partial charge in [0.1, 0.15) is 0 Å². The monoisotopic (exact) mass is 378 g/mol. The highest BCUT2D eigenvalue weighted by Crippen LogP contribution is 2.41. The number of fused-ring (bicyclic) bond motifs is 1. The summed E-state index contributed by atoms with van der Waals surface area (Å²) in [6.45, 7) is 8.25. The normalized spacial score (nSPS) is 20.2. The molecule has 7 heteroatoms. The van der Waals surface area contributed by atoms with Crippen molar-refractivity contribution in [2.75, 3.05) is 13.1 Å². The zero-order valence-corrected chi connectivity index (χ0v) is 16.4. The Balaban J connectivity index is 0.00000196. The van der Waals surface area contributed by atoms with Gasteiger partial charge in [0.05, 0.1) is 16.6 Å². The molecule has 1 aliphatic heterocycles. The van der Waals surface area contributed by atoms with Crippen molar-refractivity contribution in [1.29, 1.82) is 0 Å². The van der Waals surface area contributed by atoms with Crippen molar-refractivity contribution in [3.05, 3.63) is 23.0 Å². The minimum absolute atomic E-state index is 0. The Hall–Kier alpha value is -1.66. The number of pyridine rings is 1. The van der Waals surface area contributed by atoms with E-state index in [1.807, 2.05) is 6.07 Å². The molecule has 2 N–H and O–H groups in total. The van der Waals surface area contributed by atoms with Gasteiger partial charge in [0.25, 0.3) is 11.6 Å². The van der Waals surface area contributed by atoms with E-state index in [-0.39, 0.29) is 29.8 Å². The van der Waals surface area contributed by atoms with E-state index in [1.165, 1.54) is 0 Å². The van der Waals surface area contributed by atoms with Crippen molar-refractivity contribution in [3.8, 4) is 0 Å². The molecule has 0 bridgehead atoms. The number of amides is 1. The van der Waals surface area contributed by atoms with Gasteiger partial charge in [-0.3, -0.25) is 4.79 Å². The lowest BCUT2D eigenvalue weighted by Gasteiger charge is -2.17. The summed E-state index contributed by atoms with van der Waals surface area (Å²) in [5.41, 5.74) is 3.01. The molecule has 2 aromatic heterocycles. The van der Waals surface area contributed by atoms with Crippen molar-refractivity contribution in [2.45, 2.75) is 58.4 Å². The molecule has 0 spiro atoms. The Morgan fingerprint density at radius 3 is 2.73 bits per heavy atom. The zero-order chi connectivity index (χ0) is 17.6. The molecule has 2 aromatic rings. The predicted molar refractivity (Wildman–Crippen MR) is 103 cm³/mol. The van der Waals surface area contributed by atoms with Crippen molar-refractivity contribution >= 4 is 29.4 Å². The number of carbonyl (C=O) groups excluding carboxylic acids is 1. The first-order valence-corrected chi connectivity index (χ1v) is 9.21. The van der Waals surface area contributed by atoms with Crippen LogP contribution in [-0.4, -0.2) is 35.2 Å². The van der Waals surface area contributed by atoms with E-state index in [4.69, 9.17) is 4.52 Å². The number of rotatable bonds is 4. The number of nitrogens with one attached hydrogen (secondary N) is 2. The summed E-state index contributed by atoms with van der Waals surface area (Å²) in [4.78, 5) is 17.6. The minimum atomic E-state index is -0.0404. The van der Waals surface area contributed by atoms with E-state index >= 15 is 0 Å². The molecule has 0 radical (unpaired) electrons. The van der Waals surface area contributed by atoms with E-state index in [1.54, 1.807) is 0 Å². The molecule has 6 nitrogen and oxygen atoms in total. The van der Waals surface area contributed by atoms with Crippen LogP contribution in [0.3, 0.4) is 0 Å². The Morgan fingerprint density at radius 1 is 1.35 bits per heavy atom. The summed E-state index contributed by atoms with van der Waals surface area (Å²) in [5.74, 6) is 0.418. The Labute approximate surface area is 159 Å². The van der Waals surface area contributed by atoms with Gasteiger partial charge in [0.2, 0.25) is 0 Å². The average molecular weight is 379 g/mol. The van der Waals surface area contributed by atoms with Crippen LogP contribution in [0.5, 0.6) is 0 Å². The molecule has 26 heavy (non-hydrogen) atoms. The van der Waals surface area contributed by atoms with Crippen LogP contribution in [0.25, 0.3) is 11.1 Å². The van der Waals surface area contributed by atoms with Crippen LogP contribution in [0.1, 0.15) is 67.7 Å². The van der Waals surface area contributed by atoms with Crippen LogP contribution in [0.4, 0.5) is 0 Å². The lowest BCUT2D eigenvalue weighted by molar-refractivity contribution is 0.0941. The number of hydrogen-bond donors (Lipinski definition) is 2. The summed E-state index contributed by atoms with van der Waals surface area (Å²) in [6.07, 6.45) is 3.98. The molecule has 1 unspecified atom stereocenters. The molecule has 2 aliphatic rings. The molecule has 1 amide bonds. The predicted octanol–water partition coefficient (Wildman–Crippen LogP) is 3.20. The number of carbonyl (C=O) groups is 1. The molecule has 142 valence electrons. The van der Waals surface area contributed by atoms with Gasteiger partial charge in [0.15, 0.2) is 0 Å². The summed E-state index contributed by atoms with van der Waals surface area (Å²) in [7, 11) is 0. The van der Waals surface area contributed by atoms with Crippen LogP contribution in [0.15, 0.2) is 10.6 Å². The first-order chi connectivity index (χ1) is 11.9. The lowest BCUT2D eigenvalue weighted by atomic mass is 9.89. The van der Waals surface area contributed by atoms with E-state index in [0.29, 0.717) is 17.2 Å². The number of halogens is 1. The largest absolute Gasteiger partial charge is 0.348 e. The zero-order valence-electron chi connectivity index (χ0n) is 15.6. The highest BCUT2D eigenvalue weighted by Gasteiger charge is 2.30. The summed E-state index contributed by atoms with van der Waals surface area (Å²) in [6, 6.07) is 2.15. The van der Waals surface area contributed by atoms with Gasteiger partial charge in [-0.1, -0.05) is 25.9 Å². The van der Waals surface area contributed by atoms with E-state index in [0.717, 1.165) is 55.5 Å². The lowest BCUT2D eigenvalue weighted by Crippen LogP contribution is -2.36. The maximum atomic E-state index is 13.0. The summed E-state index contributed by atoms with van der Waals surface area (Å²) >= 11 is 0. The molecule has 3 heterocycles. The molecular weight excluding hydrogens is 352 g/mol. The fraction of sp³-hybridized carbons (Fsp3) is 0.632. The maximum absolute atomic E-state index is 13.0. The molecule has 4 rings (SSSR count). The third-order valence-corrected chi connectivity index (χ3v) is 4.87. The topological polar surface area (TPSA) is 80.0 Å². The van der Waals surface area contributed by atoms with Gasteiger partial charge in [-0.2, -0.15) is 0 Å². The molecule has 0 aromatic carbocycles. The second-order valence-electron chi connectivity index (χ2n) is 8.58. The highest BCUT2D eigenvalue weighted by atomic mass is 35.5. The van der Waals surface area contributed by atoms with E-state index < -0.39 is 0 Å². The smallest absolute Gasteiger partial charge is 0.259 e. The Morgan fingerprint density at radius 2 is 2.12 bits per heavy atom. The van der Waals surface area contributed by atoms with Gasteiger partial charge >= 0.3 is 0 Å². The van der Waals surface area contributed by atoms with Crippen LogP contribution in [0.2, 0.25) is 0 Å². The van der Waals surface area contributed by atoms with Gasteiger partial charge in [-0.15, -0.1) is 12.4 Å². The first-order valence-electron chi connectivity index (χ1n) is 9.21. The molecule has 1 saturated carbocycles. The minimum Gasteiger partial charge on any atom is -0.348 e. The summed E-state index contributed by atoms with van der Waals surface area (Å²) < 4.78 is 5.52. The van der Waals surface area contributed by atoms with Crippen LogP contribution in [-0.2, 0) is 6.42 Å². The average Bonchev–Trinajstić information content (AvgIpc) is 3.14. The van der Waals surface area contributed by atoms with E-state index in [9.17, 15) is 4.79 Å². The third kappa shape index (κ3) is 4.01. The third-order valence-electron chi connectivity index (χ3n) is 4.87. The molecule has 1 atom stereocenters. The number of aromatic nitrogens is 2. The highest BCUT2D eigenvalue weighted by molar-refractivity contribution is 6.06. The number of hydrogen-bond acceptors (Lipinski definition) is 5. The van der Waals surface area contributed by atoms with Crippen LogP contribution >= 0.6 is 12.4 Å². The van der Waals surface area contributed by atoms with Crippen molar-refractivity contribution < 1.29 is 9.32 Å². The van der Waals surface area contributed by atoms with Crippen molar-refractivity contribution in [3.63, 3.8) is 0 Å². The number of nitrogens with zero attached hydrogens (tertiary/aromatic N) is 2. The van der Waals surface area contributed by atoms with Crippen LogP contribution < -0.4 is 10.6 Å². The quantitative estimate of drug-likeness (QED) is 0.853. The fourth-order valence-electron chi connectivity index (χ4n) is 3.46. The fourth-order valence-corrected chi connectivity index (χ4v) is 3.46. The van der Waals surface area contributed by atoms with Gasteiger partial charge in [-0.25, -0.2) is 4.98 Å². The SMILES string of the molecule is CC(C)(C)Cc1noc2nc(C3CC3)cc(C(=O)NC3CCNC3)c12.Cl. The van der Waals surface area contributed by atoms with Crippen molar-refractivity contribution in [2.24, 2.45) is 5.41 Å². The molecule has 1 saturated heterocycles. The Bertz CT molecular complexity index is 802. The van der Waals surface area contributed by atoms with Gasteiger partial charge in [0, 0.05) is 24.2 Å².